The summed E-state index contributed by atoms with van der Waals surface area (Å²) in [6, 6.07) is 14.6. The van der Waals surface area contributed by atoms with E-state index in [0.29, 0.717) is 24.2 Å². The van der Waals surface area contributed by atoms with Crippen molar-refractivity contribution in [1.82, 2.24) is 9.62 Å². The van der Waals surface area contributed by atoms with Crippen molar-refractivity contribution in [3.8, 4) is 0 Å². The van der Waals surface area contributed by atoms with Crippen molar-refractivity contribution in [2.24, 2.45) is 0 Å². The van der Waals surface area contributed by atoms with Gasteiger partial charge in [-0.2, -0.15) is 4.31 Å². The summed E-state index contributed by atoms with van der Waals surface area (Å²) in [5.41, 5.74) is 2.07. The summed E-state index contributed by atoms with van der Waals surface area (Å²) < 4.78 is 27.7. The zero-order valence-electron chi connectivity index (χ0n) is 16.5. The maximum atomic E-state index is 13.1. The average molecular weight is 401 g/mol. The molecule has 0 saturated carbocycles. The molecule has 28 heavy (non-hydrogen) atoms. The maximum Gasteiger partial charge on any atom is 0.251 e. The van der Waals surface area contributed by atoms with Crippen molar-refractivity contribution in [2.45, 2.75) is 50.5 Å². The number of nitrogens with zero attached hydrogens (tertiary/aromatic N) is 1. The predicted octanol–water partition coefficient (Wildman–Crippen LogP) is 4.05. The number of benzene rings is 2. The molecule has 0 radical (unpaired) electrons. The smallest absolute Gasteiger partial charge is 0.251 e. The van der Waals surface area contributed by atoms with Crippen molar-refractivity contribution in [3.05, 3.63) is 65.2 Å². The van der Waals surface area contributed by atoms with Crippen molar-refractivity contribution in [3.63, 3.8) is 0 Å². The minimum Gasteiger partial charge on any atom is -0.345 e. The van der Waals surface area contributed by atoms with Crippen LogP contribution in [0.3, 0.4) is 0 Å². The van der Waals surface area contributed by atoms with E-state index in [4.69, 9.17) is 0 Å². The van der Waals surface area contributed by atoms with Gasteiger partial charge in [0, 0.05) is 18.7 Å². The highest BCUT2D eigenvalue weighted by Gasteiger charge is 2.28. The molecule has 1 aliphatic heterocycles. The Morgan fingerprint density at radius 1 is 1.07 bits per heavy atom. The lowest BCUT2D eigenvalue weighted by molar-refractivity contribution is 0.0935. The van der Waals surface area contributed by atoms with Crippen LogP contribution in [-0.4, -0.2) is 31.7 Å². The molecule has 1 saturated heterocycles. The summed E-state index contributed by atoms with van der Waals surface area (Å²) in [7, 11) is -3.58. The van der Waals surface area contributed by atoms with E-state index in [1.54, 1.807) is 23.4 Å². The van der Waals surface area contributed by atoms with Crippen molar-refractivity contribution < 1.29 is 13.2 Å². The van der Waals surface area contributed by atoms with Crippen LogP contribution < -0.4 is 5.32 Å². The van der Waals surface area contributed by atoms with Crippen LogP contribution in [0.1, 0.15) is 60.1 Å². The molecule has 0 spiro atoms. The van der Waals surface area contributed by atoms with E-state index in [0.717, 1.165) is 31.2 Å². The number of piperidine rings is 1. The Morgan fingerprint density at radius 3 is 2.39 bits per heavy atom. The molecule has 0 aliphatic carbocycles. The molecule has 0 unspecified atom stereocenters. The van der Waals surface area contributed by atoms with Crippen molar-refractivity contribution in [1.29, 1.82) is 0 Å². The van der Waals surface area contributed by atoms with Crippen LogP contribution in [0.25, 0.3) is 0 Å². The third kappa shape index (κ3) is 4.45. The number of carbonyl (C=O) groups is 1. The van der Waals surface area contributed by atoms with Gasteiger partial charge in [0.25, 0.3) is 5.91 Å². The number of hydrogen-bond acceptors (Lipinski definition) is 3. The SMILES string of the molecule is CC[C@@H](NC(=O)c1ccc(C)c(S(=O)(=O)N2CCCCC2)c1)c1ccccc1. The van der Waals surface area contributed by atoms with Gasteiger partial charge in [-0.05, 0) is 49.4 Å². The molecular weight excluding hydrogens is 372 g/mol. The molecule has 0 bridgehead atoms. The monoisotopic (exact) mass is 400 g/mol. The second kappa shape index (κ2) is 8.88. The van der Waals surface area contributed by atoms with Crippen molar-refractivity contribution >= 4 is 15.9 Å². The summed E-state index contributed by atoms with van der Waals surface area (Å²) in [5, 5.41) is 3.03. The van der Waals surface area contributed by atoms with E-state index in [-0.39, 0.29) is 16.8 Å². The summed E-state index contributed by atoms with van der Waals surface area (Å²) in [4.78, 5) is 13.1. The van der Waals surface area contributed by atoms with Gasteiger partial charge >= 0.3 is 0 Å². The highest BCUT2D eigenvalue weighted by molar-refractivity contribution is 7.89. The van der Waals surface area contributed by atoms with Gasteiger partial charge in [0.05, 0.1) is 10.9 Å². The fourth-order valence-corrected chi connectivity index (χ4v) is 5.38. The second-order valence-corrected chi connectivity index (χ2v) is 9.20. The highest BCUT2D eigenvalue weighted by atomic mass is 32.2. The first-order chi connectivity index (χ1) is 13.4. The maximum absolute atomic E-state index is 13.1. The van der Waals surface area contributed by atoms with Crippen LogP contribution in [0.5, 0.6) is 0 Å². The first-order valence-electron chi connectivity index (χ1n) is 9.90. The van der Waals surface area contributed by atoms with Gasteiger partial charge in [-0.3, -0.25) is 4.79 Å². The molecule has 5 nitrogen and oxygen atoms in total. The first kappa shape index (κ1) is 20.6. The third-order valence-electron chi connectivity index (χ3n) is 5.30. The van der Waals surface area contributed by atoms with Gasteiger partial charge in [0.1, 0.15) is 0 Å². The number of hydrogen-bond donors (Lipinski definition) is 1. The Morgan fingerprint density at radius 2 is 1.75 bits per heavy atom. The molecular formula is C22H28N2O3S. The van der Waals surface area contributed by atoms with Gasteiger partial charge in [-0.15, -0.1) is 0 Å². The normalized spacial score (nSPS) is 16.5. The standard InChI is InChI=1S/C22H28N2O3S/c1-3-20(18-10-6-4-7-11-18)23-22(25)19-13-12-17(2)21(16-19)28(26,27)24-14-8-5-9-15-24/h4,6-7,10-13,16,20H,3,5,8-9,14-15H2,1-2H3,(H,23,25)/t20-/m1/s1. The lowest BCUT2D eigenvalue weighted by atomic mass is 10.0. The number of aryl methyl sites for hydroxylation is 1. The third-order valence-corrected chi connectivity index (χ3v) is 7.34. The first-order valence-corrected chi connectivity index (χ1v) is 11.3. The van der Waals surface area contributed by atoms with Gasteiger partial charge in [-0.25, -0.2) is 8.42 Å². The largest absolute Gasteiger partial charge is 0.345 e. The summed E-state index contributed by atoms with van der Waals surface area (Å²) >= 11 is 0. The van der Waals surface area contributed by atoms with Crippen LogP contribution in [0.15, 0.2) is 53.4 Å². The molecule has 6 heteroatoms. The molecule has 2 aromatic carbocycles. The van der Waals surface area contributed by atoms with Crippen LogP contribution in [-0.2, 0) is 10.0 Å². The predicted molar refractivity (Wildman–Crippen MR) is 111 cm³/mol. The Bertz CT molecular complexity index is 920. The lowest BCUT2D eigenvalue weighted by Crippen LogP contribution is -2.36. The fraction of sp³-hybridized carbons (Fsp3) is 0.409. The van der Waals surface area contributed by atoms with Crippen LogP contribution in [0, 0.1) is 6.92 Å². The van der Waals surface area contributed by atoms with Crippen LogP contribution >= 0.6 is 0 Å². The molecule has 1 heterocycles. The summed E-state index contributed by atoms with van der Waals surface area (Å²) in [6.45, 7) is 4.88. The Balaban J connectivity index is 1.85. The van der Waals surface area contributed by atoms with E-state index in [9.17, 15) is 13.2 Å². The van der Waals surface area contributed by atoms with Gasteiger partial charge in [-0.1, -0.05) is 49.7 Å². The molecule has 1 atom stereocenters. The van der Waals surface area contributed by atoms with Crippen LogP contribution in [0.2, 0.25) is 0 Å². The number of rotatable bonds is 6. The van der Waals surface area contributed by atoms with E-state index < -0.39 is 10.0 Å². The molecule has 0 aromatic heterocycles. The van der Waals surface area contributed by atoms with E-state index in [1.165, 1.54) is 6.07 Å². The number of sulfonamides is 1. The number of carbonyl (C=O) groups excluding carboxylic acids is 1. The average Bonchev–Trinajstić information content (AvgIpc) is 2.73. The fourth-order valence-electron chi connectivity index (χ4n) is 3.61. The minimum atomic E-state index is -3.58. The number of amides is 1. The summed E-state index contributed by atoms with van der Waals surface area (Å²) in [5.74, 6) is -0.259. The zero-order valence-corrected chi connectivity index (χ0v) is 17.3. The van der Waals surface area contributed by atoms with Crippen LogP contribution in [0.4, 0.5) is 0 Å². The molecule has 2 aromatic rings. The zero-order chi connectivity index (χ0) is 20.1. The molecule has 3 rings (SSSR count). The van der Waals surface area contributed by atoms with E-state index in [1.807, 2.05) is 37.3 Å². The van der Waals surface area contributed by atoms with Crippen molar-refractivity contribution in [2.75, 3.05) is 13.1 Å². The van der Waals surface area contributed by atoms with Gasteiger partial charge in [0.15, 0.2) is 0 Å². The molecule has 1 aliphatic rings. The molecule has 1 N–H and O–H groups in total. The lowest BCUT2D eigenvalue weighted by Gasteiger charge is -2.26. The number of nitrogens with one attached hydrogen (secondary N) is 1. The Kier molecular flexibility index (Phi) is 6.52. The molecule has 1 fully saturated rings. The van der Waals surface area contributed by atoms with Gasteiger partial charge in [0.2, 0.25) is 10.0 Å². The Labute approximate surface area is 167 Å². The second-order valence-electron chi connectivity index (χ2n) is 7.29. The summed E-state index contributed by atoms with van der Waals surface area (Å²) in [6.07, 6.45) is 3.58. The van der Waals surface area contributed by atoms with Gasteiger partial charge < -0.3 is 5.32 Å². The topological polar surface area (TPSA) is 66.5 Å². The highest BCUT2D eigenvalue weighted by Crippen LogP contribution is 2.25. The quantitative estimate of drug-likeness (QED) is 0.795. The minimum absolute atomic E-state index is 0.114. The molecule has 150 valence electrons. The van der Waals surface area contributed by atoms with E-state index in [2.05, 4.69) is 5.32 Å². The van der Waals surface area contributed by atoms with E-state index >= 15 is 0 Å². The Hall–Kier alpha value is -2.18. The molecule has 1 amide bonds.